The Morgan fingerprint density at radius 2 is 2.11 bits per heavy atom. The van der Waals surface area contributed by atoms with Gasteiger partial charge in [0, 0.05) is 25.2 Å². The van der Waals surface area contributed by atoms with Crippen LogP contribution >= 0.6 is 0 Å². The largest absolute Gasteiger partial charge is 0.312 e. The van der Waals surface area contributed by atoms with Crippen molar-refractivity contribution in [1.82, 2.24) is 15.1 Å². The van der Waals surface area contributed by atoms with Crippen LogP contribution in [-0.4, -0.2) is 62.2 Å². The molecule has 3 nitrogen and oxygen atoms in total. The second-order valence-corrected chi connectivity index (χ2v) is 6.87. The molecule has 0 aromatic rings. The van der Waals surface area contributed by atoms with Crippen LogP contribution in [0.25, 0.3) is 0 Å². The molecule has 1 N–H and O–H groups in total. The zero-order valence-corrected chi connectivity index (χ0v) is 12.1. The van der Waals surface area contributed by atoms with Crippen molar-refractivity contribution >= 4 is 0 Å². The van der Waals surface area contributed by atoms with Gasteiger partial charge in [0.15, 0.2) is 0 Å². The van der Waals surface area contributed by atoms with E-state index in [0.717, 1.165) is 23.9 Å². The summed E-state index contributed by atoms with van der Waals surface area (Å²) in [7, 11) is 4.61. The molecule has 2 heterocycles. The molecule has 1 saturated carbocycles. The fourth-order valence-electron chi connectivity index (χ4n) is 4.46. The minimum absolute atomic E-state index is 0.773. The molecule has 18 heavy (non-hydrogen) atoms. The quantitative estimate of drug-likeness (QED) is 0.818. The molecule has 0 aromatic carbocycles. The molecule has 1 aliphatic carbocycles. The van der Waals surface area contributed by atoms with E-state index in [1.165, 1.54) is 58.3 Å². The van der Waals surface area contributed by atoms with Gasteiger partial charge in [-0.3, -0.25) is 0 Å². The van der Waals surface area contributed by atoms with Crippen LogP contribution in [0.5, 0.6) is 0 Å². The summed E-state index contributed by atoms with van der Waals surface area (Å²) in [5.41, 5.74) is 0. The number of nitrogens with zero attached hydrogens (tertiary/aromatic N) is 2. The number of rotatable bonds is 3. The summed E-state index contributed by atoms with van der Waals surface area (Å²) in [4.78, 5) is 5.12. The molecule has 3 fully saturated rings. The maximum absolute atomic E-state index is 3.78. The average molecular weight is 251 g/mol. The number of fused-ring (bicyclic) bond motifs is 1. The third kappa shape index (κ3) is 2.59. The summed E-state index contributed by atoms with van der Waals surface area (Å²) in [6, 6.07) is 1.56. The molecule has 3 rings (SSSR count). The van der Waals surface area contributed by atoms with Crippen LogP contribution in [0.2, 0.25) is 0 Å². The second kappa shape index (κ2) is 5.48. The average Bonchev–Trinajstić information content (AvgIpc) is 2.94. The van der Waals surface area contributed by atoms with Gasteiger partial charge in [0.05, 0.1) is 0 Å². The minimum atomic E-state index is 0.773. The van der Waals surface area contributed by atoms with Gasteiger partial charge < -0.3 is 15.1 Å². The lowest BCUT2D eigenvalue weighted by Gasteiger charge is -2.37. The maximum Gasteiger partial charge on any atom is 0.0226 e. The van der Waals surface area contributed by atoms with E-state index < -0.39 is 0 Å². The Balaban J connectivity index is 1.52. The van der Waals surface area contributed by atoms with Gasteiger partial charge in [-0.1, -0.05) is 6.42 Å². The monoisotopic (exact) mass is 251 g/mol. The van der Waals surface area contributed by atoms with Gasteiger partial charge in [0.25, 0.3) is 0 Å². The topological polar surface area (TPSA) is 18.5 Å². The highest BCUT2D eigenvalue weighted by Gasteiger charge is 2.39. The number of likely N-dealkylation sites (tertiary alicyclic amines) is 1. The highest BCUT2D eigenvalue weighted by atomic mass is 15.2. The smallest absolute Gasteiger partial charge is 0.0226 e. The highest BCUT2D eigenvalue weighted by molar-refractivity contribution is 4.96. The molecule has 2 aliphatic heterocycles. The summed E-state index contributed by atoms with van der Waals surface area (Å²) in [5.74, 6) is 1.98. The molecule has 3 heteroatoms. The van der Waals surface area contributed by atoms with E-state index in [9.17, 15) is 0 Å². The third-order valence-corrected chi connectivity index (χ3v) is 5.58. The molecule has 3 aliphatic rings. The van der Waals surface area contributed by atoms with Crippen LogP contribution in [-0.2, 0) is 0 Å². The van der Waals surface area contributed by atoms with Crippen LogP contribution in [0.4, 0.5) is 0 Å². The molecule has 0 amide bonds. The molecular formula is C15H29N3. The van der Waals surface area contributed by atoms with Crippen LogP contribution in [0.1, 0.15) is 32.1 Å². The van der Waals surface area contributed by atoms with E-state index in [0.29, 0.717) is 0 Å². The Labute approximate surface area is 112 Å². The fourth-order valence-corrected chi connectivity index (χ4v) is 4.46. The van der Waals surface area contributed by atoms with Gasteiger partial charge in [-0.05, 0) is 64.7 Å². The van der Waals surface area contributed by atoms with Crippen molar-refractivity contribution in [2.75, 3.05) is 40.3 Å². The number of piperidine rings is 1. The Bertz CT molecular complexity index is 281. The molecular weight excluding hydrogens is 222 g/mol. The molecule has 2 saturated heterocycles. The van der Waals surface area contributed by atoms with Gasteiger partial charge in [-0.15, -0.1) is 0 Å². The predicted molar refractivity (Wildman–Crippen MR) is 75.8 cm³/mol. The SMILES string of the molecule is CN1CCCC(N(C)CC2NCC3CCCC32)C1. The summed E-state index contributed by atoms with van der Waals surface area (Å²) in [6.07, 6.45) is 7.19. The second-order valence-electron chi connectivity index (χ2n) is 6.87. The normalized spacial score (nSPS) is 41.5. The molecule has 4 unspecified atom stereocenters. The third-order valence-electron chi connectivity index (χ3n) is 5.58. The first-order valence-corrected chi connectivity index (χ1v) is 7.86. The first-order chi connectivity index (χ1) is 8.74. The van der Waals surface area contributed by atoms with Crippen LogP contribution < -0.4 is 5.32 Å². The Morgan fingerprint density at radius 3 is 2.94 bits per heavy atom. The molecule has 0 spiro atoms. The molecule has 104 valence electrons. The Hall–Kier alpha value is -0.120. The summed E-state index contributed by atoms with van der Waals surface area (Å²) in [6.45, 7) is 5.10. The lowest BCUT2D eigenvalue weighted by atomic mass is 9.93. The molecule has 0 radical (unpaired) electrons. The standard InChI is InChI=1S/C15H29N3/c1-17-8-4-6-13(10-17)18(2)11-15-14-7-3-5-12(14)9-16-15/h12-16H,3-11H2,1-2H3. The number of likely N-dealkylation sites (N-methyl/N-ethyl adjacent to an activating group) is 2. The van der Waals surface area contributed by atoms with Crippen molar-refractivity contribution in [3.8, 4) is 0 Å². The maximum atomic E-state index is 3.78. The van der Waals surface area contributed by atoms with E-state index in [4.69, 9.17) is 0 Å². The molecule has 0 aromatic heterocycles. The first-order valence-electron chi connectivity index (χ1n) is 7.86. The van der Waals surface area contributed by atoms with E-state index in [1.807, 2.05) is 0 Å². The predicted octanol–water partition coefficient (Wildman–Crippen LogP) is 1.40. The molecule has 0 bridgehead atoms. The first kappa shape index (κ1) is 12.9. The van der Waals surface area contributed by atoms with Crippen LogP contribution in [0.15, 0.2) is 0 Å². The lowest BCUT2D eigenvalue weighted by Crippen LogP contribution is -2.49. The Morgan fingerprint density at radius 1 is 1.22 bits per heavy atom. The summed E-state index contributed by atoms with van der Waals surface area (Å²) < 4.78 is 0. The number of hydrogen-bond donors (Lipinski definition) is 1. The minimum Gasteiger partial charge on any atom is -0.312 e. The van der Waals surface area contributed by atoms with Crippen molar-refractivity contribution in [3.63, 3.8) is 0 Å². The van der Waals surface area contributed by atoms with Crippen molar-refractivity contribution in [2.24, 2.45) is 11.8 Å². The van der Waals surface area contributed by atoms with E-state index in [2.05, 4.69) is 29.2 Å². The Kier molecular flexibility index (Phi) is 3.92. The van der Waals surface area contributed by atoms with Gasteiger partial charge in [0.1, 0.15) is 0 Å². The van der Waals surface area contributed by atoms with Gasteiger partial charge >= 0.3 is 0 Å². The zero-order valence-electron chi connectivity index (χ0n) is 12.1. The lowest BCUT2D eigenvalue weighted by molar-refractivity contribution is 0.121. The van der Waals surface area contributed by atoms with E-state index in [1.54, 1.807) is 0 Å². The van der Waals surface area contributed by atoms with E-state index in [-0.39, 0.29) is 0 Å². The van der Waals surface area contributed by atoms with Gasteiger partial charge in [-0.2, -0.15) is 0 Å². The van der Waals surface area contributed by atoms with E-state index >= 15 is 0 Å². The van der Waals surface area contributed by atoms with Crippen molar-refractivity contribution in [2.45, 2.75) is 44.2 Å². The van der Waals surface area contributed by atoms with Crippen molar-refractivity contribution in [3.05, 3.63) is 0 Å². The van der Waals surface area contributed by atoms with Crippen LogP contribution in [0, 0.1) is 11.8 Å². The van der Waals surface area contributed by atoms with Crippen molar-refractivity contribution in [1.29, 1.82) is 0 Å². The zero-order chi connectivity index (χ0) is 12.5. The summed E-state index contributed by atoms with van der Waals surface area (Å²) in [5, 5.41) is 3.78. The summed E-state index contributed by atoms with van der Waals surface area (Å²) >= 11 is 0. The number of nitrogens with one attached hydrogen (secondary N) is 1. The molecule has 4 atom stereocenters. The van der Waals surface area contributed by atoms with Crippen molar-refractivity contribution < 1.29 is 0 Å². The van der Waals surface area contributed by atoms with Gasteiger partial charge in [-0.25, -0.2) is 0 Å². The highest BCUT2D eigenvalue weighted by Crippen LogP contribution is 2.38. The van der Waals surface area contributed by atoms with Gasteiger partial charge in [0.2, 0.25) is 0 Å². The fraction of sp³-hybridized carbons (Fsp3) is 1.00. The number of hydrogen-bond acceptors (Lipinski definition) is 3. The van der Waals surface area contributed by atoms with Crippen LogP contribution in [0.3, 0.4) is 0 Å².